The quantitative estimate of drug-likeness (QED) is 0.632. The molecular weight excluding hydrogens is 138 g/mol. The lowest BCUT2D eigenvalue weighted by Gasteiger charge is -2.07. The molecule has 3 N–H and O–H groups in total. The van der Waals surface area contributed by atoms with Crippen molar-refractivity contribution < 1.29 is 5.11 Å². The van der Waals surface area contributed by atoms with Crippen molar-refractivity contribution in [2.75, 3.05) is 5.73 Å². The van der Waals surface area contributed by atoms with Crippen LogP contribution in [0.15, 0.2) is 24.3 Å². The van der Waals surface area contributed by atoms with Crippen LogP contribution in [0.1, 0.15) is 25.0 Å². The summed E-state index contributed by atoms with van der Waals surface area (Å²) in [6, 6.07) is 7.34. The van der Waals surface area contributed by atoms with E-state index in [2.05, 4.69) is 0 Å². The third kappa shape index (κ3) is 1.95. The number of hydrogen-bond acceptors (Lipinski definition) is 2. The fraction of sp³-hybridized carbons (Fsp3) is 0.333. The maximum absolute atomic E-state index is 9.40. The molecule has 0 radical (unpaired) electrons. The van der Waals surface area contributed by atoms with Crippen molar-refractivity contribution in [1.82, 2.24) is 0 Å². The molecule has 0 saturated heterocycles. The average molecular weight is 151 g/mol. The molecule has 2 nitrogen and oxygen atoms in total. The molecule has 11 heavy (non-hydrogen) atoms. The molecule has 0 spiro atoms. The molecule has 1 rings (SSSR count). The first-order valence-electron chi connectivity index (χ1n) is 3.77. The number of benzene rings is 1. The minimum Gasteiger partial charge on any atom is -0.399 e. The highest BCUT2D eigenvalue weighted by molar-refractivity contribution is 5.41. The third-order valence-electron chi connectivity index (χ3n) is 1.68. The Morgan fingerprint density at radius 3 is 2.82 bits per heavy atom. The van der Waals surface area contributed by atoms with E-state index in [-0.39, 0.29) is 6.10 Å². The van der Waals surface area contributed by atoms with Crippen LogP contribution >= 0.6 is 0 Å². The molecule has 0 aliphatic rings. The fourth-order valence-electron chi connectivity index (χ4n) is 1.00. The summed E-state index contributed by atoms with van der Waals surface area (Å²) in [5.74, 6) is 0. The van der Waals surface area contributed by atoms with E-state index in [9.17, 15) is 5.11 Å². The Balaban J connectivity index is 2.86. The highest BCUT2D eigenvalue weighted by Gasteiger charge is 2.02. The van der Waals surface area contributed by atoms with Gasteiger partial charge in [0.2, 0.25) is 0 Å². The predicted octanol–water partition coefficient (Wildman–Crippen LogP) is 1.71. The first-order valence-corrected chi connectivity index (χ1v) is 3.77. The van der Waals surface area contributed by atoms with Gasteiger partial charge in [0, 0.05) is 5.69 Å². The molecular formula is C9H13NO. The lowest BCUT2D eigenvalue weighted by atomic mass is 10.1. The molecule has 0 saturated carbocycles. The van der Waals surface area contributed by atoms with E-state index >= 15 is 0 Å². The molecule has 0 aromatic heterocycles. The van der Waals surface area contributed by atoms with Crippen LogP contribution in [0.2, 0.25) is 0 Å². The van der Waals surface area contributed by atoms with Gasteiger partial charge < -0.3 is 10.8 Å². The van der Waals surface area contributed by atoms with Crippen LogP contribution in [0.4, 0.5) is 5.69 Å². The summed E-state index contributed by atoms with van der Waals surface area (Å²) in [7, 11) is 0. The van der Waals surface area contributed by atoms with Gasteiger partial charge in [-0.3, -0.25) is 0 Å². The summed E-state index contributed by atoms with van der Waals surface area (Å²) < 4.78 is 0. The van der Waals surface area contributed by atoms with Crippen molar-refractivity contribution in [1.29, 1.82) is 0 Å². The number of anilines is 1. The molecule has 1 atom stereocenters. The molecule has 0 bridgehead atoms. The number of aliphatic hydroxyl groups is 1. The van der Waals surface area contributed by atoms with E-state index in [0.29, 0.717) is 5.69 Å². The normalized spacial score (nSPS) is 12.9. The maximum atomic E-state index is 9.40. The maximum Gasteiger partial charge on any atom is 0.0788 e. The fourth-order valence-corrected chi connectivity index (χ4v) is 1.00. The minimum absolute atomic E-state index is 0.376. The van der Waals surface area contributed by atoms with Gasteiger partial charge in [0.1, 0.15) is 0 Å². The molecule has 60 valence electrons. The van der Waals surface area contributed by atoms with Gasteiger partial charge in [0.25, 0.3) is 0 Å². The van der Waals surface area contributed by atoms with Crippen LogP contribution in [0, 0.1) is 0 Å². The molecule has 0 amide bonds. The van der Waals surface area contributed by atoms with E-state index in [1.54, 1.807) is 6.07 Å². The van der Waals surface area contributed by atoms with E-state index in [1.807, 2.05) is 25.1 Å². The second-order valence-electron chi connectivity index (χ2n) is 2.59. The van der Waals surface area contributed by atoms with Crippen LogP contribution in [0.25, 0.3) is 0 Å². The van der Waals surface area contributed by atoms with Crippen LogP contribution < -0.4 is 5.73 Å². The molecule has 0 fully saturated rings. The van der Waals surface area contributed by atoms with Crippen molar-refractivity contribution in [2.24, 2.45) is 0 Å². The number of nitrogen functional groups attached to an aromatic ring is 1. The zero-order chi connectivity index (χ0) is 8.27. The van der Waals surface area contributed by atoms with Gasteiger partial charge in [-0.2, -0.15) is 0 Å². The Hall–Kier alpha value is -1.02. The Morgan fingerprint density at radius 1 is 1.55 bits per heavy atom. The van der Waals surface area contributed by atoms with Gasteiger partial charge in [-0.15, -0.1) is 0 Å². The molecule has 0 heterocycles. The largest absolute Gasteiger partial charge is 0.399 e. The molecule has 2 heteroatoms. The lowest BCUT2D eigenvalue weighted by molar-refractivity contribution is 0.174. The monoisotopic (exact) mass is 151 g/mol. The molecule has 1 aromatic rings. The van der Waals surface area contributed by atoms with E-state index in [1.165, 1.54) is 0 Å². The van der Waals surface area contributed by atoms with Crippen LogP contribution in [-0.4, -0.2) is 5.11 Å². The number of hydrogen-bond donors (Lipinski definition) is 2. The highest BCUT2D eigenvalue weighted by Crippen LogP contribution is 2.17. The summed E-state index contributed by atoms with van der Waals surface area (Å²) in [6.45, 7) is 1.94. The van der Waals surface area contributed by atoms with Crippen molar-refractivity contribution in [3.05, 3.63) is 29.8 Å². The second-order valence-corrected chi connectivity index (χ2v) is 2.59. The van der Waals surface area contributed by atoms with Crippen LogP contribution in [0.5, 0.6) is 0 Å². The van der Waals surface area contributed by atoms with Crippen LogP contribution in [-0.2, 0) is 0 Å². The Bertz CT molecular complexity index is 235. The molecule has 1 aromatic carbocycles. The van der Waals surface area contributed by atoms with E-state index in [0.717, 1.165) is 12.0 Å². The van der Waals surface area contributed by atoms with Gasteiger partial charge in [-0.1, -0.05) is 19.1 Å². The molecule has 0 aliphatic heterocycles. The van der Waals surface area contributed by atoms with Crippen LogP contribution in [0.3, 0.4) is 0 Å². The summed E-state index contributed by atoms with van der Waals surface area (Å²) >= 11 is 0. The van der Waals surface area contributed by atoms with Crippen molar-refractivity contribution in [2.45, 2.75) is 19.4 Å². The summed E-state index contributed by atoms with van der Waals surface area (Å²) in [5.41, 5.74) is 7.14. The van der Waals surface area contributed by atoms with E-state index in [4.69, 9.17) is 5.73 Å². The third-order valence-corrected chi connectivity index (χ3v) is 1.68. The van der Waals surface area contributed by atoms with Gasteiger partial charge >= 0.3 is 0 Å². The van der Waals surface area contributed by atoms with Crippen molar-refractivity contribution in [3.8, 4) is 0 Å². The standard InChI is InChI=1S/C9H13NO/c1-2-9(11)7-4-3-5-8(10)6-7/h3-6,9,11H,2,10H2,1H3/t9-/m1/s1. The SMILES string of the molecule is CC[C@@H](O)c1cccc(N)c1. The van der Waals surface area contributed by atoms with Crippen molar-refractivity contribution >= 4 is 5.69 Å². The molecule has 0 aliphatic carbocycles. The zero-order valence-corrected chi connectivity index (χ0v) is 6.62. The highest BCUT2D eigenvalue weighted by atomic mass is 16.3. The van der Waals surface area contributed by atoms with Gasteiger partial charge in [-0.05, 0) is 24.1 Å². The Morgan fingerprint density at radius 2 is 2.27 bits per heavy atom. The first kappa shape index (κ1) is 8.08. The summed E-state index contributed by atoms with van der Waals surface area (Å²) in [6.07, 6.45) is 0.349. The van der Waals surface area contributed by atoms with Gasteiger partial charge in [0.05, 0.1) is 6.10 Å². The van der Waals surface area contributed by atoms with Crippen molar-refractivity contribution in [3.63, 3.8) is 0 Å². The number of rotatable bonds is 2. The minimum atomic E-state index is -0.376. The number of nitrogens with two attached hydrogens (primary N) is 1. The Labute approximate surface area is 66.7 Å². The van der Waals surface area contributed by atoms with Gasteiger partial charge in [-0.25, -0.2) is 0 Å². The lowest BCUT2D eigenvalue weighted by Crippen LogP contribution is -1.95. The Kier molecular flexibility index (Phi) is 2.49. The summed E-state index contributed by atoms with van der Waals surface area (Å²) in [4.78, 5) is 0. The smallest absolute Gasteiger partial charge is 0.0788 e. The second kappa shape index (κ2) is 3.39. The average Bonchev–Trinajstić information content (AvgIpc) is 2.03. The molecule has 0 unspecified atom stereocenters. The predicted molar refractivity (Wildman–Crippen MR) is 46.1 cm³/mol. The summed E-state index contributed by atoms with van der Waals surface area (Å²) in [5, 5.41) is 9.40. The first-order chi connectivity index (χ1) is 5.24. The van der Waals surface area contributed by atoms with Gasteiger partial charge in [0.15, 0.2) is 0 Å². The topological polar surface area (TPSA) is 46.2 Å². The number of aliphatic hydroxyl groups excluding tert-OH is 1. The zero-order valence-electron chi connectivity index (χ0n) is 6.62. The van der Waals surface area contributed by atoms with E-state index < -0.39 is 0 Å².